The number of allylic oxidation sites excluding steroid dienone is 2. The Bertz CT molecular complexity index is 488. The van der Waals surface area contributed by atoms with Gasteiger partial charge in [-0.2, -0.15) is 5.10 Å². The highest BCUT2D eigenvalue weighted by Gasteiger charge is 2.17. The van der Waals surface area contributed by atoms with Crippen LogP contribution in [0.3, 0.4) is 0 Å². The molecule has 1 aromatic heterocycles. The Hall–Kier alpha value is -1.62. The molecule has 1 aromatic rings. The second-order valence-corrected chi connectivity index (χ2v) is 5.71. The summed E-state index contributed by atoms with van der Waals surface area (Å²) in [5.74, 6) is 0.501. The quantitative estimate of drug-likeness (QED) is 0.827. The van der Waals surface area contributed by atoms with Crippen LogP contribution in [0.25, 0.3) is 0 Å². The van der Waals surface area contributed by atoms with Crippen molar-refractivity contribution in [1.82, 2.24) is 15.1 Å². The summed E-state index contributed by atoms with van der Waals surface area (Å²) in [7, 11) is 0. The zero-order chi connectivity index (χ0) is 13.8. The Labute approximate surface area is 119 Å². The van der Waals surface area contributed by atoms with Crippen molar-refractivity contribution in [3.8, 4) is 0 Å². The maximum absolute atomic E-state index is 12.0. The summed E-state index contributed by atoms with van der Waals surface area (Å²) in [4.78, 5) is 12.0. The Balaban J connectivity index is 1.53. The molecule has 0 spiro atoms. The van der Waals surface area contributed by atoms with Gasteiger partial charge in [-0.05, 0) is 44.7 Å². The minimum atomic E-state index is 0.0893. The highest BCUT2D eigenvalue weighted by atomic mass is 16.1. The molecule has 1 atom stereocenters. The lowest BCUT2D eigenvalue weighted by atomic mass is 10.1. The van der Waals surface area contributed by atoms with E-state index in [2.05, 4.69) is 27.9 Å². The largest absolute Gasteiger partial charge is 0.323 e. The maximum Gasteiger partial charge on any atom is 0.225 e. The standard InChI is InChI=1S/C15H22N4O/c20-15(9-12-3-1-2-4-12)18-13-10-17-19(11-13)14-5-7-16-8-6-14/h1,3,10-12,14,16H,2,4-9H2,(H,18,20). The van der Waals surface area contributed by atoms with Crippen LogP contribution in [0.1, 0.15) is 38.1 Å². The molecular formula is C15H22N4O. The molecule has 0 radical (unpaired) electrons. The van der Waals surface area contributed by atoms with Crippen molar-refractivity contribution in [2.24, 2.45) is 5.92 Å². The van der Waals surface area contributed by atoms with Crippen molar-refractivity contribution < 1.29 is 4.79 Å². The molecule has 5 nitrogen and oxygen atoms in total. The molecule has 20 heavy (non-hydrogen) atoms. The minimum Gasteiger partial charge on any atom is -0.323 e. The number of piperidine rings is 1. The van der Waals surface area contributed by atoms with Crippen molar-refractivity contribution in [3.05, 3.63) is 24.5 Å². The molecule has 108 valence electrons. The van der Waals surface area contributed by atoms with Crippen LogP contribution in [-0.2, 0) is 4.79 Å². The molecule has 0 saturated carbocycles. The number of carbonyl (C=O) groups is 1. The molecule has 3 rings (SSSR count). The zero-order valence-corrected chi connectivity index (χ0v) is 11.7. The lowest BCUT2D eigenvalue weighted by Gasteiger charge is -2.22. The van der Waals surface area contributed by atoms with Crippen molar-refractivity contribution >= 4 is 11.6 Å². The maximum atomic E-state index is 12.0. The minimum absolute atomic E-state index is 0.0893. The molecule has 5 heteroatoms. The number of nitrogens with zero attached hydrogens (tertiary/aromatic N) is 2. The topological polar surface area (TPSA) is 59.0 Å². The van der Waals surface area contributed by atoms with E-state index in [0.29, 0.717) is 18.4 Å². The fraction of sp³-hybridized carbons (Fsp3) is 0.600. The Kier molecular flexibility index (Phi) is 4.16. The van der Waals surface area contributed by atoms with Gasteiger partial charge in [0.1, 0.15) is 0 Å². The summed E-state index contributed by atoms with van der Waals surface area (Å²) in [5.41, 5.74) is 0.815. The van der Waals surface area contributed by atoms with Gasteiger partial charge in [0.05, 0.1) is 17.9 Å². The fourth-order valence-electron chi connectivity index (χ4n) is 2.99. The van der Waals surface area contributed by atoms with Gasteiger partial charge in [0.15, 0.2) is 0 Å². The van der Waals surface area contributed by atoms with E-state index in [-0.39, 0.29) is 5.91 Å². The van der Waals surface area contributed by atoms with E-state index >= 15 is 0 Å². The molecule has 0 aromatic carbocycles. The highest BCUT2D eigenvalue weighted by Crippen LogP contribution is 2.22. The SMILES string of the molecule is O=C(CC1C=CCC1)Nc1cnn(C2CCNCC2)c1. The molecule has 1 unspecified atom stereocenters. The van der Waals surface area contributed by atoms with Gasteiger partial charge in [0.25, 0.3) is 0 Å². The van der Waals surface area contributed by atoms with Crippen LogP contribution in [0.2, 0.25) is 0 Å². The van der Waals surface area contributed by atoms with Crippen molar-refractivity contribution in [2.45, 2.75) is 38.1 Å². The molecular weight excluding hydrogens is 252 g/mol. The summed E-state index contributed by atoms with van der Waals surface area (Å²) < 4.78 is 1.99. The first-order chi connectivity index (χ1) is 9.81. The lowest BCUT2D eigenvalue weighted by Crippen LogP contribution is -2.29. The summed E-state index contributed by atoms with van der Waals surface area (Å²) in [6.07, 6.45) is 13.0. The molecule has 1 aliphatic carbocycles. The van der Waals surface area contributed by atoms with E-state index in [1.54, 1.807) is 6.20 Å². The second-order valence-electron chi connectivity index (χ2n) is 5.71. The van der Waals surface area contributed by atoms with E-state index in [9.17, 15) is 4.79 Å². The molecule has 1 amide bonds. The van der Waals surface area contributed by atoms with E-state index in [4.69, 9.17) is 0 Å². The Morgan fingerprint density at radius 3 is 3.00 bits per heavy atom. The van der Waals surface area contributed by atoms with Crippen LogP contribution in [0.5, 0.6) is 0 Å². The van der Waals surface area contributed by atoms with Gasteiger partial charge in [-0.1, -0.05) is 12.2 Å². The first-order valence-corrected chi connectivity index (χ1v) is 7.52. The molecule has 1 fully saturated rings. The van der Waals surface area contributed by atoms with Gasteiger partial charge in [0.2, 0.25) is 5.91 Å². The van der Waals surface area contributed by atoms with Gasteiger partial charge in [-0.3, -0.25) is 9.48 Å². The first kappa shape index (κ1) is 13.4. The second kappa shape index (κ2) is 6.22. The number of hydrogen-bond acceptors (Lipinski definition) is 3. The van der Waals surface area contributed by atoms with Gasteiger partial charge < -0.3 is 10.6 Å². The van der Waals surface area contributed by atoms with Gasteiger partial charge in [-0.15, -0.1) is 0 Å². The number of rotatable bonds is 4. The third kappa shape index (κ3) is 3.28. The van der Waals surface area contributed by atoms with E-state index in [1.807, 2.05) is 10.9 Å². The number of aromatic nitrogens is 2. The third-order valence-electron chi connectivity index (χ3n) is 4.13. The predicted octanol–water partition coefficient (Wildman–Crippen LogP) is 2.10. The molecule has 0 bridgehead atoms. The van der Waals surface area contributed by atoms with Crippen LogP contribution in [0.4, 0.5) is 5.69 Å². The smallest absolute Gasteiger partial charge is 0.225 e. The summed E-state index contributed by atoms with van der Waals surface area (Å²) in [5, 5.41) is 10.7. The molecule has 1 saturated heterocycles. The fourth-order valence-corrected chi connectivity index (χ4v) is 2.99. The summed E-state index contributed by atoms with van der Waals surface area (Å²) in [6, 6.07) is 0.458. The van der Waals surface area contributed by atoms with Crippen LogP contribution < -0.4 is 10.6 Å². The van der Waals surface area contributed by atoms with Crippen LogP contribution in [-0.4, -0.2) is 28.8 Å². The lowest BCUT2D eigenvalue weighted by molar-refractivity contribution is -0.116. The third-order valence-corrected chi connectivity index (χ3v) is 4.13. The number of amides is 1. The van der Waals surface area contributed by atoms with Crippen LogP contribution in [0, 0.1) is 5.92 Å². The first-order valence-electron chi connectivity index (χ1n) is 7.52. The average Bonchev–Trinajstić information content (AvgIpc) is 3.11. The number of hydrogen-bond donors (Lipinski definition) is 2. The molecule has 2 N–H and O–H groups in total. The van der Waals surface area contributed by atoms with Gasteiger partial charge in [0, 0.05) is 12.6 Å². The summed E-state index contributed by atoms with van der Waals surface area (Å²) >= 11 is 0. The Morgan fingerprint density at radius 2 is 2.25 bits per heavy atom. The zero-order valence-electron chi connectivity index (χ0n) is 11.7. The summed E-state index contributed by atoms with van der Waals surface area (Å²) in [6.45, 7) is 2.08. The number of nitrogens with one attached hydrogen (secondary N) is 2. The van der Waals surface area contributed by atoms with E-state index < -0.39 is 0 Å². The monoisotopic (exact) mass is 274 g/mol. The number of anilines is 1. The Morgan fingerprint density at radius 1 is 1.40 bits per heavy atom. The molecule has 2 aliphatic rings. The molecule has 2 heterocycles. The predicted molar refractivity (Wildman–Crippen MR) is 78.5 cm³/mol. The molecule has 1 aliphatic heterocycles. The average molecular weight is 274 g/mol. The van der Waals surface area contributed by atoms with Crippen molar-refractivity contribution in [3.63, 3.8) is 0 Å². The van der Waals surface area contributed by atoms with E-state index in [0.717, 1.165) is 44.5 Å². The van der Waals surface area contributed by atoms with Crippen molar-refractivity contribution in [1.29, 1.82) is 0 Å². The van der Waals surface area contributed by atoms with E-state index in [1.165, 1.54) is 0 Å². The van der Waals surface area contributed by atoms with Gasteiger partial charge >= 0.3 is 0 Å². The van der Waals surface area contributed by atoms with Gasteiger partial charge in [-0.25, -0.2) is 0 Å². The normalized spacial score (nSPS) is 23.1. The highest BCUT2D eigenvalue weighted by molar-refractivity contribution is 5.90. The number of carbonyl (C=O) groups excluding carboxylic acids is 1. The van der Waals surface area contributed by atoms with Crippen molar-refractivity contribution in [2.75, 3.05) is 18.4 Å². The van der Waals surface area contributed by atoms with Crippen LogP contribution >= 0.6 is 0 Å². The van der Waals surface area contributed by atoms with Crippen LogP contribution in [0.15, 0.2) is 24.5 Å².